The standard InChI is InChI=1S/C18H26Br2S2/c1-2-3-4-5-6-7-8-9-10-11-12-14-13-15-16(21-14)18(20)22-17(15)19/h13H,2-12H2,1H3. The monoisotopic (exact) mass is 464 g/mol. The van der Waals surface area contributed by atoms with Crippen LogP contribution in [0.15, 0.2) is 13.6 Å². The van der Waals surface area contributed by atoms with Crippen LogP contribution < -0.4 is 0 Å². The van der Waals surface area contributed by atoms with Gasteiger partial charge in [0.15, 0.2) is 0 Å². The molecule has 124 valence electrons. The van der Waals surface area contributed by atoms with Crippen molar-refractivity contribution in [3.8, 4) is 0 Å². The summed E-state index contributed by atoms with van der Waals surface area (Å²) in [6.45, 7) is 2.29. The van der Waals surface area contributed by atoms with Crippen molar-refractivity contribution in [2.24, 2.45) is 0 Å². The van der Waals surface area contributed by atoms with Crippen LogP contribution >= 0.6 is 54.5 Å². The van der Waals surface area contributed by atoms with Crippen LogP contribution in [0.5, 0.6) is 0 Å². The first-order valence-corrected chi connectivity index (χ1v) is 11.8. The van der Waals surface area contributed by atoms with Crippen LogP contribution in [0.25, 0.3) is 10.1 Å². The Kier molecular flexibility index (Phi) is 9.03. The van der Waals surface area contributed by atoms with Crippen molar-refractivity contribution < 1.29 is 0 Å². The fourth-order valence-electron chi connectivity index (χ4n) is 2.82. The molecular weight excluding hydrogens is 440 g/mol. The summed E-state index contributed by atoms with van der Waals surface area (Å²) in [5, 5.41) is 1.39. The summed E-state index contributed by atoms with van der Waals surface area (Å²) < 4.78 is 3.95. The molecule has 2 heterocycles. The van der Waals surface area contributed by atoms with E-state index in [0.717, 1.165) is 0 Å². The molecule has 0 unspecified atom stereocenters. The Bertz CT molecular complexity index is 522. The molecule has 0 aromatic carbocycles. The van der Waals surface area contributed by atoms with E-state index in [1.165, 1.54) is 88.3 Å². The van der Waals surface area contributed by atoms with Gasteiger partial charge in [0.25, 0.3) is 0 Å². The molecule has 0 aliphatic carbocycles. The molecule has 0 aliphatic rings. The van der Waals surface area contributed by atoms with Crippen LogP contribution in [0, 0.1) is 0 Å². The van der Waals surface area contributed by atoms with Crippen LogP contribution in [0.3, 0.4) is 0 Å². The Morgan fingerprint density at radius 1 is 0.773 bits per heavy atom. The zero-order valence-electron chi connectivity index (χ0n) is 13.4. The van der Waals surface area contributed by atoms with Crippen molar-refractivity contribution in [2.75, 3.05) is 0 Å². The molecule has 2 aromatic rings. The van der Waals surface area contributed by atoms with E-state index in [2.05, 4.69) is 44.8 Å². The average molecular weight is 466 g/mol. The molecule has 0 spiro atoms. The molecule has 0 atom stereocenters. The molecule has 0 radical (unpaired) electrons. The largest absolute Gasteiger partial charge is 0.138 e. The number of halogens is 2. The first-order valence-electron chi connectivity index (χ1n) is 8.58. The number of thiophene rings is 2. The van der Waals surface area contributed by atoms with Gasteiger partial charge >= 0.3 is 0 Å². The predicted octanol–water partition coefficient (Wildman–Crippen LogP) is 8.95. The SMILES string of the molecule is CCCCCCCCCCCCc1cc2c(Br)sc(Br)c2s1. The fraction of sp³-hybridized carbons (Fsp3) is 0.667. The summed E-state index contributed by atoms with van der Waals surface area (Å²) in [4.78, 5) is 1.54. The van der Waals surface area contributed by atoms with Crippen molar-refractivity contribution in [1.82, 2.24) is 0 Å². The molecule has 0 saturated heterocycles. The third kappa shape index (κ3) is 5.92. The van der Waals surface area contributed by atoms with Crippen LogP contribution in [-0.2, 0) is 6.42 Å². The average Bonchev–Trinajstić information content (AvgIpc) is 3.03. The Labute approximate surface area is 160 Å². The Hall–Kier alpha value is 0.620. The fourth-order valence-corrected chi connectivity index (χ4v) is 7.33. The summed E-state index contributed by atoms with van der Waals surface area (Å²) in [7, 11) is 0. The van der Waals surface area contributed by atoms with E-state index in [-0.39, 0.29) is 0 Å². The first-order chi connectivity index (χ1) is 10.7. The highest BCUT2D eigenvalue weighted by Gasteiger charge is 2.11. The van der Waals surface area contributed by atoms with E-state index in [1.807, 2.05) is 11.3 Å². The number of hydrogen-bond donors (Lipinski definition) is 0. The van der Waals surface area contributed by atoms with Crippen molar-refractivity contribution >= 4 is 64.6 Å². The minimum absolute atomic E-state index is 1.25. The quantitative estimate of drug-likeness (QED) is 0.290. The minimum atomic E-state index is 1.25. The molecule has 0 nitrogen and oxygen atoms in total. The van der Waals surface area contributed by atoms with Crippen LogP contribution in [0.2, 0.25) is 0 Å². The highest BCUT2D eigenvalue weighted by Crippen LogP contribution is 2.43. The molecule has 0 bridgehead atoms. The molecule has 0 fully saturated rings. The molecular formula is C18H26Br2S2. The molecule has 0 N–H and O–H groups in total. The van der Waals surface area contributed by atoms with Crippen molar-refractivity contribution in [3.05, 3.63) is 18.5 Å². The third-order valence-corrected chi connectivity index (χ3v) is 8.31. The molecule has 22 heavy (non-hydrogen) atoms. The number of aryl methyl sites for hydroxylation is 1. The van der Waals surface area contributed by atoms with E-state index in [0.29, 0.717) is 0 Å². The van der Waals surface area contributed by atoms with Gasteiger partial charge in [-0.05, 0) is 50.8 Å². The van der Waals surface area contributed by atoms with E-state index in [9.17, 15) is 0 Å². The summed E-state index contributed by atoms with van der Waals surface area (Å²) >= 11 is 11.1. The minimum Gasteiger partial charge on any atom is -0.138 e. The lowest BCUT2D eigenvalue weighted by Gasteiger charge is -2.01. The van der Waals surface area contributed by atoms with Crippen LogP contribution in [-0.4, -0.2) is 0 Å². The molecule has 0 aliphatic heterocycles. The molecule has 0 amide bonds. The van der Waals surface area contributed by atoms with Crippen molar-refractivity contribution in [1.29, 1.82) is 0 Å². The van der Waals surface area contributed by atoms with Crippen LogP contribution in [0.4, 0.5) is 0 Å². The van der Waals surface area contributed by atoms with Gasteiger partial charge < -0.3 is 0 Å². The van der Waals surface area contributed by atoms with E-state index in [1.54, 1.807) is 16.2 Å². The Morgan fingerprint density at radius 2 is 1.36 bits per heavy atom. The normalized spacial score (nSPS) is 11.6. The molecule has 0 saturated carbocycles. The van der Waals surface area contributed by atoms with E-state index < -0.39 is 0 Å². The van der Waals surface area contributed by atoms with Crippen molar-refractivity contribution in [3.63, 3.8) is 0 Å². The topological polar surface area (TPSA) is 0 Å². The van der Waals surface area contributed by atoms with Gasteiger partial charge in [-0.3, -0.25) is 0 Å². The third-order valence-electron chi connectivity index (χ3n) is 4.13. The number of hydrogen-bond acceptors (Lipinski definition) is 2. The summed E-state index contributed by atoms with van der Waals surface area (Å²) in [5.41, 5.74) is 0. The molecule has 2 aromatic heterocycles. The van der Waals surface area contributed by atoms with E-state index >= 15 is 0 Å². The van der Waals surface area contributed by atoms with Gasteiger partial charge in [-0.15, -0.1) is 22.7 Å². The smallest absolute Gasteiger partial charge is 0.0888 e. The van der Waals surface area contributed by atoms with Gasteiger partial charge in [0.05, 0.1) is 12.3 Å². The van der Waals surface area contributed by atoms with E-state index in [4.69, 9.17) is 0 Å². The van der Waals surface area contributed by atoms with Gasteiger partial charge in [-0.25, -0.2) is 0 Å². The van der Waals surface area contributed by atoms with Gasteiger partial charge in [0.1, 0.15) is 0 Å². The maximum Gasteiger partial charge on any atom is 0.0888 e. The number of unbranched alkanes of at least 4 members (excludes halogenated alkanes) is 9. The summed E-state index contributed by atoms with van der Waals surface area (Å²) in [6, 6.07) is 2.37. The zero-order chi connectivity index (χ0) is 15.8. The lowest BCUT2D eigenvalue weighted by molar-refractivity contribution is 0.557. The maximum atomic E-state index is 3.66. The lowest BCUT2D eigenvalue weighted by Crippen LogP contribution is -1.84. The van der Waals surface area contributed by atoms with Gasteiger partial charge in [0.2, 0.25) is 0 Å². The highest BCUT2D eigenvalue weighted by molar-refractivity contribution is 9.12. The Balaban J connectivity index is 1.55. The van der Waals surface area contributed by atoms with Gasteiger partial charge in [0, 0.05) is 10.3 Å². The van der Waals surface area contributed by atoms with Crippen molar-refractivity contribution in [2.45, 2.75) is 77.6 Å². The zero-order valence-corrected chi connectivity index (χ0v) is 18.2. The summed E-state index contributed by atoms with van der Waals surface area (Å²) in [5.74, 6) is 0. The first kappa shape index (κ1) is 19.0. The molecule has 4 heteroatoms. The maximum absolute atomic E-state index is 3.66. The Morgan fingerprint density at radius 3 is 1.95 bits per heavy atom. The summed E-state index contributed by atoms with van der Waals surface area (Å²) in [6.07, 6.45) is 15.4. The second-order valence-electron chi connectivity index (χ2n) is 6.04. The van der Waals surface area contributed by atoms with Gasteiger partial charge in [-0.2, -0.15) is 0 Å². The van der Waals surface area contributed by atoms with Gasteiger partial charge in [-0.1, -0.05) is 64.7 Å². The number of fused-ring (bicyclic) bond motifs is 1. The second-order valence-corrected chi connectivity index (χ2v) is 10.8. The highest BCUT2D eigenvalue weighted by atomic mass is 79.9. The molecule has 2 rings (SSSR count). The predicted molar refractivity (Wildman–Crippen MR) is 111 cm³/mol. The van der Waals surface area contributed by atoms with Crippen LogP contribution in [0.1, 0.15) is 76.0 Å². The lowest BCUT2D eigenvalue weighted by atomic mass is 10.1. The second kappa shape index (κ2) is 10.5. The number of rotatable bonds is 11.